The minimum atomic E-state index is -0.242. The number of rotatable bonds is 3. The van der Waals surface area contributed by atoms with E-state index in [9.17, 15) is 9.60 Å². The maximum Gasteiger partial charge on any atom is 0.256 e. The lowest BCUT2D eigenvalue weighted by Crippen LogP contribution is -2.19. The van der Waals surface area contributed by atoms with Crippen LogP contribution in [-0.2, 0) is 12.8 Å². The van der Waals surface area contributed by atoms with Crippen LogP contribution in [0.3, 0.4) is 0 Å². The maximum atomic E-state index is 12.8. The average Bonchev–Trinajstić information content (AvgIpc) is 2.80. The number of nitrogens with one attached hydrogen (secondary N) is 1. The quantitative estimate of drug-likeness (QED) is 0.726. The molecule has 2 heterocycles. The van der Waals surface area contributed by atoms with Crippen molar-refractivity contribution in [2.45, 2.75) is 12.8 Å². The van der Waals surface area contributed by atoms with Crippen molar-refractivity contribution in [3.63, 3.8) is 0 Å². The Hall–Kier alpha value is -2.28. The highest BCUT2D eigenvalue weighted by molar-refractivity contribution is 7.18. The van der Waals surface area contributed by atoms with Gasteiger partial charge in [-0.1, -0.05) is 23.5 Å². The van der Waals surface area contributed by atoms with Gasteiger partial charge in [-0.25, -0.2) is 9.37 Å². The molecular weight excluding hydrogens is 279 g/mol. The zero-order valence-electron chi connectivity index (χ0n) is 10.4. The fourth-order valence-electron chi connectivity index (χ4n) is 1.87. The Morgan fingerprint density at radius 2 is 1.95 bits per heavy atom. The molecule has 7 heteroatoms. The van der Waals surface area contributed by atoms with Gasteiger partial charge in [-0.3, -0.25) is 5.41 Å². The van der Waals surface area contributed by atoms with Crippen molar-refractivity contribution >= 4 is 21.7 Å². The minimum absolute atomic E-state index is 0.216. The molecule has 5 nitrogen and oxygen atoms in total. The Labute approximate surface area is 117 Å². The Morgan fingerprint density at radius 1 is 1.20 bits per heavy atom. The summed E-state index contributed by atoms with van der Waals surface area (Å²) in [7, 11) is 0. The van der Waals surface area contributed by atoms with Gasteiger partial charge in [-0.05, 0) is 24.1 Å². The number of nitrogens with zero attached hydrogens (tertiary/aromatic N) is 3. The number of aromatic nitrogens is 3. The van der Waals surface area contributed by atoms with Gasteiger partial charge in [0.15, 0.2) is 0 Å². The normalized spacial score (nSPS) is 11.1. The summed E-state index contributed by atoms with van der Waals surface area (Å²) < 4.78 is 13.4. The maximum absolute atomic E-state index is 12.8. The molecule has 0 aliphatic carbocycles. The van der Waals surface area contributed by atoms with Crippen LogP contribution in [0.5, 0.6) is 0 Å². The van der Waals surface area contributed by atoms with E-state index >= 15 is 0 Å². The third kappa shape index (κ3) is 2.53. The van der Waals surface area contributed by atoms with Crippen LogP contribution in [-0.4, -0.2) is 19.9 Å². The first-order valence-corrected chi connectivity index (χ1v) is 6.81. The summed E-state index contributed by atoms with van der Waals surface area (Å²) in [6.45, 7) is 0. The van der Waals surface area contributed by atoms with Gasteiger partial charge in [0.05, 0.1) is 11.2 Å². The first-order chi connectivity index (χ1) is 9.61. The van der Waals surface area contributed by atoms with Crippen molar-refractivity contribution < 1.29 is 9.60 Å². The summed E-state index contributed by atoms with van der Waals surface area (Å²) in [4.78, 5) is 8.95. The molecule has 0 atom stereocenters. The fraction of sp³-hybridized carbons (Fsp3) is 0.154. The zero-order valence-corrected chi connectivity index (χ0v) is 11.2. The van der Waals surface area contributed by atoms with E-state index < -0.39 is 0 Å². The lowest BCUT2D eigenvalue weighted by molar-refractivity contribution is 0.167. The molecule has 3 aromatic rings. The molecule has 0 fully saturated rings. The van der Waals surface area contributed by atoms with E-state index in [0.717, 1.165) is 17.0 Å². The standard InChI is InChI=1S/C13H11FN4OS/c14-9-4-1-8(2-5-9)3-6-11-16-10-7-18(19)13(15)17-12(10)20-11/h1-2,4-5,7,15,19H,3,6H2. The molecular formula is C13H11FN4OS. The molecule has 1 aromatic carbocycles. The number of hydrogen-bond acceptors (Lipinski definition) is 5. The van der Waals surface area contributed by atoms with Crippen LogP contribution in [0.15, 0.2) is 30.5 Å². The van der Waals surface area contributed by atoms with Crippen molar-refractivity contribution in [1.29, 1.82) is 5.41 Å². The van der Waals surface area contributed by atoms with Crippen LogP contribution in [0.1, 0.15) is 10.6 Å². The summed E-state index contributed by atoms with van der Waals surface area (Å²) in [5, 5.41) is 17.6. The monoisotopic (exact) mass is 290 g/mol. The highest BCUT2D eigenvalue weighted by Crippen LogP contribution is 2.19. The van der Waals surface area contributed by atoms with Crippen LogP contribution < -0.4 is 5.62 Å². The summed E-state index contributed by atoms with van der Waals surface area (Å²) in [5.41, 5.74) is 1.39. The molecule has 0 radical (unpaired) electrons. The van der Waals surface area contributed by atoms with Crippen molar-refractivity contribution in [3.05, 3.63) is 52.5 Å². The molecule has 0 saturated carbocycles. The smallest absolute Gasteiger partial charge is 0.256 e. The number of thiazole rings is 1. The lowest BCUT2D eigenvalue weighted by Gasteiger charge is -1.98. The third-order valence-electron chi connectivity index (χ3n) is 2.89. The predicted molar refractivity (Wildman–Crippen MR) is 72.3 cm³/mol. The molecule has 2 aromatic heterocycles. The van der Waals surface area contributed by atoms with Crippen LogP contribution in [0.2, 0.25) is 0 Å². The van der Waals surface area contributed by atoms with Gasteiger partial charge in [0.1, 0.15) is 16.2 Å². The summed E-state index contributed by atoms with van der Waals surface area (Å²) in [6.07, 6.45) is 2.85. The largest absolute Gasteiger partial charge is 0.425 e. The second-order valence-corrected chi connectivity index (χ2v) is 5.40. The highest BCUT2D eigenvalue weighted by atomic mass is 32.1. The first kappa shape index (κ1) is 12.7. The van der Waals surface area contributed by atoms with Crippen molar-refractivity contribution in [3.8, 4) is 0 Å². The number of hydrogen-bond donors (Lipinski definition) is 2. The van der Waals surface area contributed by atoms with E-state index in [2.05, 4.69) is 9.97 Å². The lowest BCUT2D eigenvalue weighted by atomic mass is 10.1. The topological polar surface area (TPSA) is 74.8 Å². The van der Waals surface area contributed by atoms with Gasteiger partial charge in [-0.15, -0.1) is 0 Å². The summed E-state index contributed by atoms with van der Waals surface area (Å²) in [6, 6.07) is 6.39. The Kier molecular flexibility index (Phi) is 3.19. The zero-order chi connectivity index (χ0) is 14.1. The van der Waals surface area contributed by atoms with E-state index in [1.54, 1.807) is 12.1 Å². The van der Waals surface area contributed by atoms with Crippen molar-refractivity contribution in [2.75, 3.05) is 0 Å². The average molecular weight is 290 g/mol. The number of halogens is 1. The second-order valence-electron chi connectivity index (χ2n) is 4.33. The van der Waals surface area contributed by atoms with E-state index in [1.807, 2.05) is 0 Å². The van der Waals surface area contributed by atoms with Gasteiger partial charge >= 0.3 is 0 Å². The van der Waals surface area contributed by atoms with Crippen molar-refractivity contribution in [2.24, 2.45) is 0 Å². The molecule has 102 valence electrons. The molecule has 0 bridgehead atoms. The van der Waals surface area contributed by atoms with Gasteiger partial charge < -0.3 is 5.21 Å². The molecule has 2 N–H and O–H groups in total. The second kappa shape index (κ2) is 5.01. The fourth-order valence-corrected chi connectivity index (χ4v) is 2.77. The van der Waals surface area contributed by atoms with Gasteiger partial charge in [0, 0.05) is 6.42 Å². The van der Waals surface area contributed by atoms with Crippen molar-refractivity contribution in [1.82, 2.24) is 14.7 Å². The molecule has 0 aliphatic rings. The molecule has 0 unspecified atom stereocenters. The van der Waals surface area contributed by atoms with E-state index in [4.69, 9.17) is 5.41 Å². The summed E-state index contributed by atoms with van der Waals surface area (Å²) in [5.74, 6) is -0.242. The van der Waals surface area contributed by atoms with Gasteiger partial charge in [-0.2, -0.15) is 9.71 Å². The Balaban J connectivity index is 1.81. The Morgan fingerprint density at radius 3 is 2.70 bits per heavy atom. The van der Waals surface area contributed by atoms with Crippen LogP contribution in [0.4, 0.5) is 4.39 Å². The van der Waals surface area contributed by atoms with Crippen LogP contribution >= 0.6 is 11.3 Å². The highest BCUT2D eigenvalue weighted by Gasteiger charge is 2.07. The number of aryl methyl sites for hydroxylation is 2. The molecule has 20 heavy (non-hydrogen) atoms. The van der Waals surface area contributed by atoms with Gasteiger partial charge in [0.25, 0.3) is 5.62 Å². The van der Waals surface area contributed by atoms with Gasteiger partial charge in [0.2, 0.25) is 0 Å². The molecule has 3 rings (SSSR count). The predicted octanol–water partition coefficient (Wildman–Crippen LogP) is 2.13. The summed E-state index contributed by atoms with van der Waals surface area (Å²) >= 11 is 1.40. The first-order valence-electron chi connectivity index (χ1n) is 5.99. The molecule has 0 aliphatic heterocycles. The van der Waals surface area contributed by atoms with E-state index in [0.29, 0.717) is 21.5 Å². The minimum Gasteiger partial charge on any atom is -0.425 e. The van der Waals surface area contributed by atoms with Crippen LogP contribution in [0.25, 0.3) is 10.3 Å². The number of fused-ring (bicyclic) bond motifs is 1. The molecule has 0 saturated heterocycles. The van der Waals surface area contributed by atoms with E-state index in [1.165, 1.54) is 29.7 Å². The molecule has 0 spiro atoms. The van der Waals surface area contributed by atoms with Crippen LogP contribution in [0, 0.1) is 11.2 Å². The third-order valence-corrected chi connectivity index (χ3v) is 3.91. The molecule has 0 amide bonds. The number of benzene rings is 1. The SMILES string of the molecule is N=c1nc2sc(CCc3ccc(F)cc3)nc2cn1O. The van der Waals surface area contributed by atoms with E-state index in [-0.39, 0.29) is 11.4 Å². The Bertz CT molecular complexity index is 809.